The van der Waals surface area contributed by atoms with E-state index in [-0.39, 0.29) is 6.04 Å². The van der Waals surface area contributed by atoms with Crippen LogP contribution in [0.3, 0.4) is 0 Å². The molecule has 4 nitrogen and oxygen atoms in total. The predicted molar refractivity (Wildman–Crippen MR) is 116 cm³/mol. The van der Waals surface area contributed by atoms with Crippen molar-refractivity contribution in [1.82, 2.24) is 8.87 Å². The summed E-state index contributed by atoms with van der Waals surface area (Å²) in [5.74, 6) is 0. The highest BCUT2D eigenvalue weighted by atomic mass is 32.2. The highest BCUT2D eigenvalue weighted by Crippen LogP contribution is 2.29. The van der Waals surface area contributed by atoms with Gasteiger partial charge in [-0.3, -0.25) is 0 Å². The Balaban J connectivity index is 1.64. The molecule has 0 aliphatic heterocycles. The van der Waals surface area contributed by atoms with Crippen LogP contribution in [0.4, 0.5) is 0 Å². The van der Waals surface area contributed by atoms with Crippen LogP contribution < -0.4 is 0 Å². The Labute approximate surface area is 173 Å². The molecule has 0 unspecified atom stereocenters. The van der Waals surface area contributed by atoms with E-state index in [1.807, 2.05) is 42.6 Å². The van der Waals surface area contributed by atoms with Crippen molar-refractivity contribution in [3.05, 3.63) is 90.3 Å². The van der Waals surface area contributed by atoms with E-state index in [9.17, 15) is 8.42 Å². The number of nitrogens with zero attached hydrogens (tertiary/aromatic N) is 2. The number of hydrogen-bond acceptors (Lipinski definition) is 2. The minimum absolute atomic E-state index is 0.0639. The van der Waals surface area contributed by atoms with E-state index in [4.69, 9.17) is 0 Å². The van der Waals surface area contributed by atoms with Gasteiger partial charge in [0.15, 0.2) is 0 Å². The van der Waals surface area contributed by atoms with Crippen molar-refractivity contribution < 1.29 is 8.42 Å². The normalized spacial score (nSPS) is 15.6. The van der Waals surface area contributed by atoms with E-state index < -0.39 is 10.0 Å². The van der Waals surface area contributed by atoms with Gasteiger partial charge in [0.25, 0.3) is 0 Å². The maximum atomic E-state index is 13.5. The molecule has 152 valence electrons. The molecule has 0 amide bonds. The first-order valence-corrected chi connectivity index (χ1v) is 11.8. The molecule has 3 aromatic rings. The second-order valence-corrected chi connectivity index (χ2v) is 9.66. The topological polar surface area (TPSA) is 42.3 Å². The zero-order valence-electron chi connectivity index (χ0n) is 16.7. The molecule has 29 heavy (non-hydrogen) atoms. The van der Waals surface area contributed by atoms with Crippen LogP contribution in [0.1, 0.15) is 43.4 Å². The lowest BCUT2D eigenvalue weighted by molar-refractivity contribution is 0.244. The zero-order chi connectivity index (χ0) is 20.1. The standard InChI is InChI=1S/C24H28N2O2S/c27-29(28,24-16-8-3-9-17-24)26(22-13-6-2-7-14-22)20-23-15-10-18-25(23)19-21-11-4-1-5-12-21/h1,3-5,8-12,15-18,22H,2,6-7,13-14,19-20H2. The summed E-state index contributed by atoms with van der Waals surface area (Å²) in [5.41, 5.74) is 2.24. The molecule has 1 saturated carbocycles. The summed E-state index contributed by atoms with van der Waals surface area (Å²) >= 11 is 0. The molecule has 0 saturated heterocycles. The van der Waals surface area contributed by atoms with Gasteiger partial charge >= 0.3 is 0 Å². The van der Waals surface area contributed by atoms with Crippen molar-refractivity contribution in [1.29, 1.82) is 0 Å². The van der Waals surface area contributed by atoms with E-state index >= 15 is 0 Å². The van der Waals surface area contributed by atoms with Crippen LogP contribution in [-0.4, -0.2) is 23.3 Å². The third-order valence-electron chi connectivity index (χ3n) is 5.77. The lowest BCUT2D eigenvalue weighted by Gasteiger charge is -2.33. The van der Waals surface area contributed by atoms with Crippen LogP contribution in [0.25, 0.3) is 0 Å². The van der Waals surface area contributed by atoms with Gasteiger partial charge in [-0.15, -0.1) is 0 Å². The number of hydrogen-bond donors (Lipinski definition) is 0. The van der Waals surface area contributed by atoms with Crippen LogP contribution in [0.5, 0.6) is 0 Å². The summed E-state index contributed by atoms with van der Waals surface area (Å²) < 4.78 is 31.0. The Morgan fingerprint density at radius 1 is 0.828 bits per heavy atom. The van der Waals surface area contributed by atoms with Crippen LogP contribution in [0, 0.1) is 0 Å². The van der Waals surface area contributed by atoms with Gasteiger partial charge in [0.05, 0.1) is 11.4 Å². The second kappa shape index (κ2) is 8.97. The Hall–Kier alpha value is -2.37. The van der Waals surface area contributed by atoms with E-state index in [1.54, 1.807) is 28.6 Å². The average Bonchev–Trinajstić information content (AvgIpc) is 3.20. The fourth-order valence-corrected chi connectivity index (χ4v) is 5.87. The van der Waals surface area contributed by atoms with Gasteiger partial charge in [-0.1, -0.05) is 67.8 Å². The van der Waals surface area contributed by atoms with E-state index in [0.29, 0.717) is 11.4 Å². The fraction of sp³-hybridized carbons (Fsp3) is 0.333. The Morgan fingerprint density at radius 3 is 2.17 bits per heavy atom. The summed E-state index contributed by atoms with van der Waals surface area (Å²) in [4.78, 5) is 0.381. The summed E-state index contributed by atoms with van der Waals surface area (Å²) in [7, 11) is -3.55. The number of benzene rings is 2. The molecule has 2 aromatic carbocycles. The summed E-state index contributed by atoms with van der Waals surface area (Å²) in [6.45, 7) is 1.15. The summed E-state index contributed by atoms with van der Waals surface area (Å²) in [6, 6.07) is 23.2. The van der Waals surface area contributed by atoms with E-state index in [0.717, 1.165) is 37.9 Å². The Kier molecular flexibility index (Phi) is 6.16. The lowest BCUT2D eigenvalue weighted by atomic mass is 9.95. The summed E-state index contributed by atoms with van der Waals surface area (Å²) in [6.07, 6.45) is 7.29. The Morgan fingerprint density at radius 2 is 1.48 bits per heavy atom. The largest absolute Gasteiger partial charge is 0.346 e. The maximum absolute atomic E-state index is 13.5. The van der Waals surface area contributed by atoms with Gasteiger partial charge in [0, 0.05) is 24.5 Å². The maximum Gasteiger partial charge on any atom is 0.243 e. The average molecular weight is 409 g/mol. The van der Waals surface area contributed by atoms with Crippen molar-refractivity contribution in [3.63, 3.8) is 0 Å². The molecule has 0 radical (unpaired) electrons. The van der Waals surface area contributed by atoms with Gasteiger partial charge < -0.3 is 4.57 Å². The first kappa shape index (κ1) is 19.9. The molecule has 0 bridgehead atoms. The van der Waals surface area contributed by atoms with Crippen LogP contribution in [0.2, 0.25) is 0 Å². The van der Waals surface area contributed by atoms with E-state index in [2.05, 4.69) is 16.7 Å². The number of rotatable bonds is 7. The molecule has 0 spiro atoms. The molecular formula is C24H28N2O2S. The van der Waals surface area contributed by atoms with Gasteiger partial charge in [0.2, 0.25) is 10.0 Å². The molecular weight excluding hydrogens is 380 g/mol. The first-order valence-electron chi connectivity index (χ1n) is 10.4. The highest BCUT2D eigenvalue weighted by Gasteiger charge is 2.32. The molecule has 0 N–H and O–H groups in total. The zero-order valence-corrected chi connectivity index (χ0v) is 17.5. The minimum Gasteiger partial charge on any atom is -0.346 e. The molecule has 1 aromatic heterocycles. The second-order valence-electron chi connectivity index (χ2n) is 7.77. The van der Waals surface area contributed by atoms with Gasteiger partial charge in [-0.25, -0.2) is 8.42 Å². The molecule has 5 heteroatoms. The van der Waals surface area contributed by atoms with Crippen molar-refractivity contribution in [2.75, 3.05) is 0 Å². The third kappa shape index (κ3) is 4.62. The molecule has 1 aliphatic rings. The third-order valence-corrected chi connectivity index (χ3v) is 7.68. The van der Waals surface area contributed by atoms with Crippen molar-refractivity contribution >= 4 is 10.0 Å². The fourth-order valence-electron chi connectivity index (χ4n) is 4.19. The van der Waals surface area contributed by atoms with Crippen LogP contribution in [0.15, 0.2) is 83.9 Å². The molecule has 1 heterocycles. The number of sulfonamides is 1. The quantitative estimate of drug-likeness (QED) is 0.548. The monoisotopic (exact) mass is 408 g/mol. The lowest BCUT2D eigenvalue weighted by Crippen LogP contribution is -2.41. The van der Waals surface area contributed by atoms with Gasteiger partial charge in [-0.2, -0.15) is 4.31 Å². The highest BCUT2D eigenvalue weighted by molar-refractivity contribution is 7.89. The minimum atomic E-state index is -3.55. The van der Waals surface area contributed by atoms with Gasteiger partial charge in [0.1, 0.15) is 0 Å². The first-order chi connectivity index (χ1) is 14.1. The Bertz CT molecular complexity index is 1010. The molecule has 1 fully saturated rings. The van der Waals surface area contributed by atoms with Crippen molar-refractivity contribution in [2.24, 2.45) is 0 Å². The molecule has 0 atom stereocenters. The smallest absolute Gasteiger partial charge is 0.243 e. The summed E-state index contributed by atoms with van der Waals surface area (Å²) in [5, 5.41) is 0. The number of aromatic nitrogens is 1. The molecule has 1 aliphatic carbocycles. The van der Waals surface area contributed by atoms with Crippen molar-refractivity contribution in [3.8, 4) is 0 Å². The van der Waals surface area contributed by atoms with Crippen molar-refractivity contribution in [2.45, 2.75) is 56.1 Å². The van der Waals surface area contributed by atoms with E-state index in [1.165, 1.54) is 12.0 Å². The van der Waals surface area contributed by atoms with Gasteiger partial charge in [-0.05, 0) is 42.7 Å². The predicted octanol–water partition coefficient (Wildman–Crippen LogP) is 5.06. The molecule has 4 rings (SSSR count). The SMILES string of the molecule is O=S(=O)(c1ccccc1)N(Cc1cccn1Cc1ccccc1)C1CCCCC1. The van der Waals surface area contributed by atoms with Crippen LogP contribution in [-0.2, 0) is 23.1 Å². The van der Waals surface area contributed by atoms with Crippen LogP contribution >= 0.6 is 0 Å².